The Morgan fingerprint density at radius 2 is 1.80 bits per heavy atom. The van der Waals surface area contributed by atoms with Crippen molar-refractivity contribution in [3.05, 3.63) is 65.2 Å². The van der Waals surface area contributed by atoms with Crippen LogP contribution in [0.15, 0.2) is 53.5 Å². The van der Waals surface area contributed by atoms with Gasteiger partial charge in [0.15, 0.2) is 5.78 Å². The number of allylic oxidation sites excluding steroid dienone is 1. The van der Waals surface area contributed by atoms with Crippen molar-refractivity contribution < 1.29 is 33.7 Å². The average molecular weight is 551 g/mol. The smallest absolute Gasteiger partial charge is 0.413 e. The molecule has 40 heavy (non-hydrogen) atoms. The molecule has 9 nitrogen and oxygen atoms in total. The highest BCUT2D eigenvalue weighted by Crippen LogP contribution is 2.47. The number of phenolic OH excluding ortho intramolecular Hbond substituents is 1. The van der Waals surface area contributed by atoms with Crippen molar-refractivity contribution >= 4 is 29.8 Å². The van der Waals surface area contributed by atoms with E-state index in [1.54, 1.807) is 70.2 Å². The van der Waals surface area contributed by atoms with Gasteiger partial charge in [-0.1, -0.05) is 30.7 Å². The lowest BCUT2D eigenvalue weighted by atomic mass is 9.90. The number of ether oxygens (including phenoxy) is 3. The van der Waals surface area contributed by atoms with Gasteiger partial charge >= 0.3 is 12.1 Å². The number of fused-ring (bicyclic) bond motifs is 1. The van der Waals surface area contributed by atoms with Crippen molar-refractivity contribution in [2.45, 2.75) is 71.0 Å². The van der Waals surface area contributed by atoms with Crippen LogP contribution in [0.3, 0.4) is 0 Å². The first-order valence-electron chi connectivity index (χ1n) is 13.4. The number of benzene rings is 2. The summed E-state index contributed by atoms with van der Waals surface area (Å²) in [5.41, 5.74) is 1.65. The van der Waals surface area contributed by atoms with Gasteiger partial charge in [-0.05, 0) is 82.0 Å². The Morgan fingerprint density at radius 3 is 2.48 bits per heavy atom. The van der Waals surface area contributed by atoms with Crippen molar-refractivity contribution in [3.63, 3.8) is 0 Å². The predicted molar refractivity (Wildman–Crippen MR) is 153 cm³/mol. The minimum Gasteiger partial charge on any atom is -0.508 e. The maximum absolute atomic E-state index is 12.7. The molecule has 0 spiro atoms. The molecule has 0 aliphatic carbocycles. The number of methoxy groups -OCH3 is 1. The zero-order valence-electron chi connectivity index (χ0n) is 23.7. The zero-order valence-corrected chi connectivity index (χ0v) is 23.7. The summed E-state index contributed by atoms with van der Waals surface area (Å²) in [5, 5.41) is 12.2. The number of hydrogen-bond donors (Lipinski definition) is 2. The lowest BCUT2D eigenvalue weighted by molar-refractivity contribution is -0.144. The number of alkyl carbamates (subject to hydrolysis) is 1. The number of carbonyl (C=O) groups is 3. The Labute approximate surface area is 235 Å². The summed E-state index contributed by atoms with van der Waals surface area (Å²) < 4.78 is 16.3. The molecule has 3 rings (SSSR count). The van der Waals surface area contributed by atoms with Gasteiger partial charge in [0.1, 0.15) is 35.0 Å². The van der Waals surface area contributed by atoms with Crippen LogP contribution in [0, 0.1) is 0 Å². The van der Waals surface area contributed by atoms with E-state index in [0.29, 0.717) is 30.1 Å². The molecule has 2 atom stereocenters. The number of phenols is 1. The molecule has 2 aromatic rings. The Morgan fingerprint density at radius 1 is 1.07 bits per heavy atom. The van der Waals surface area contributed by atoms with Crippen LogP contribution in [0.5, 0.6) is 11.5 Å². The maximum atomic E-state index is 12.7. The van der Waals surface area contributed by atoms with Crippen molar-refractivity contribution in [1.82, 2.24) is 5.32 Å². The number of unbranched alkanes of at least 4 members (excludes halogenated alkanes) is 2. The quantitative estimate of drug-likeness (QED) is 0.125. The Balaban J connectivity index is 1.49. The van der Waals surface area contributed by atoms with Gasteiger partial charge in [0.2, 0.25) is 0 Å². The molecule has 0 fully saturated rings. The number of nitrogens with one attached hydrogen (secondary N) is 1. The second-order valence-electron chi connectivity index (χ2n) is 10.6. The van der Waals surface area contributed by atoms with Gasteiger partial charge in [0.25, 0.3) is 0 Å². The summed E-state index contributed by atoms with van der Waals surface area (Å²) in [7, 11) is 1.34. The second kappa shape index (κ2) is 13.8. The summed E-state index contributed by atoms with van der Waals surface area (Å²) in [5.74, 6) is 0.123. The zero-order chi connectivity index (χ0) is 29.3. The number of rotatable bonds is 10. The molecule has 1 heterocycles. The summed E-state index contributed by atoms with van der Waals surface area (Å²) in [6.45, 7) is 7.66. The van der Waals surface area contributed by atoms with Crippen molar-refractivity contribution in [3.8, 4) is 11.5 Å². The number of nitrogens with zero attached hydrogens (tertiary/aromatic N) is 1. The molecule has 9 heteroatoms. The predicted octanol–water partition coefficient (Wildman–Crippen LogP) is 5.87. The molecule has 0 saturated heterocycles. The fourth-order valence-corrected chi connectivity index (χ4v) is 4.29. The Bertz CT molecular complexity index is 1260. The van der Waals surface area contributed by atoms with Gasteiger partial charge in [0, 0.05) is 18.5 Å². The number of amidine groups is 1. The van der Waals surface area contributed by atoms with E-state index in [-0.39, 0.29) is 11.5 Å². The van der Waals surface area contributed by atoms with Crippen LogP contribution in [0.1, 0.15) is 82.1 Å². The molecule has 0 radical (unpaired) electrons. The van der Waals surface area contributed by atoms with E-state index in [9.17, 15) is 19.5 Å². The van der Waals surface area contributed by atoms with Gasteiger partial charge < -0.3 is 19.3 Å². The van der Waals surface area contributed by atoms with E-state index in [1.807, 2.05) is 12.1 Å². The number of carbonyl (C=O) groups excluding carboxylic acids is 3. The third-order valence-electron chi connectivity index (χ3n) is 6.18. The van der Waals surface area contributed by atoms with E-state index >= 15 is 0 Å². The monoisotopic (exact) mass is 550 g/mol. The van der Waals surface area contributed by atoms with Gasteiger partial charge in [-0.15, -0.1) is 0 Å². The van der Waals surface area contributed by atoms with Crippen LogP contribution >= 0.6 is 0 Å². The van der Waals surface area contributed by atoms with E-state index in [2.05, 4.69) is 10.3 Å². The van der Waals surface area contributed by atoms with Gasteiger partial charge in [0.05, 0.1) is 7.11 Å². The van der Waals surface area contributed by atoms with Crippen molar-refractivity contribution in [1.29, 1.82) is 0 Å². The van der Waals surface area contributed by atoms with Crippen LogP contribution in [0.25, 0.3) is 6.08 Å². The standard InChI is InChI=1S/C31H38N2O7/c1-20(33-30(37)40-31(2,3)4)32-18-8-6-7-9-23(34)14-10-21-11-17-26-25(19-21)27(29(36)38-5)28(39-26)22-12-15-24(35)16-13-22/h10-17,19,27-28,35H,6-9,18H2,1-5H3,(H,32,33,37)/b14-10+/t27-,28+/m0/s1. The average Bonchev–Trinajstić information content (AvgIpc) is 3.27. The van der Waals surface area contributed by atoms with Gasteiger partial charge in [-0.3, -0.25) is 19.9 Å². The number of aromatic hydroxyl groups is 1. The summed E-state index contributed by atoms with van der Waals surface area (Å²) in [6.07, 6.45) is 4.95. The number of hydrogen-bond acceptors (Lipinski definition) is 8. The lowest BCUT2D eigenvalue weighted by Gasteiger charge is -2.19. The highest BCUT2D eigenvalue weighted by atomic mass is 16.6. The maximum Gasteiger partial charge on any atom is 0.413 e. The summed E-state index contributed by atoms with van der Waals surface area (Å²) in [4.78, 5) is 41.2. The minimum atomic E-state index is -0.667. The highest BCUT2D eigenvalue weighted by Gasteiger charge is 2.41. The molecule has 2 N–H and O–H groups in total. The third-order valence-corrected chi connectivity index (χ3v) is 6.18. The third kappa shape index (κ3) is 8.97. The number of ketones is 1. The van der Waals surface area contributed by atoms with Crippen molar-refractivity contribution in [2.24, 2.45) is 4.99 Å². The number of aliphatic imine (C=N–C) groups is 1. The molecule has 1 aliphatic heterocycles. The molecule has 1 aliphatic rings. The first-order valence-corrected chi connectivity index (χ1v) is 13.4. The molecule has 1 amide bonds. The molecule has 2 aromatic carbocycles. The molecular formula is C31H38N2O7. The first-order chi connectivity index (χ1) is 19.0. The van der Waals surface area contributed by atoms with Gasteiger partial charge in [-0.25, -0.2) is 4.79 Å². The van der Waals surface area contributed by atoms with Crippen LogP contribution in [-0.4, -0.2) is 48.0 Å². The van der Waals surface area contributed by atoms with E-state index in [1.165, 1.54) is 7.11 Å². The molecular weight excluding hydrogens is 512 g/mol. The Hall–Kier alpha value is -4.14. The minimum absolute atomic E-state index is 0.00881. The van der Waals surface area contributed by atoms with Crippen LogP contribution in [-0.2, 0) is 19.1 Å². The fraction of sp³-hybridized carbons (Fsp3) is 0.419. The van der Waals surface area contributed by atoms with Crippen molar-refractivity contribution in [2.75, 3.05) is 13.7 Å². The van der Waals surface area contributed by atoms with Crippen LogP contribution in [0.4, 0.5) is 4.79 Å². The molecule has 214 valence electrons. The first kappa shape index (κ1) is 30.4. The molecule has 0 bridgehead atoms. The summed E-state index contributed by atoms with van der Waals surface area (Å²) in [6, 6.07) is 12.0. The largest absolute Gasteiger partial charge is 0.508 e. The fourth-order valence-electron chi connectivity index (χ4n) is 4.29. The van der Waals surface area contributed by atoms with E-state index < -0.39 is 29.7 Å². The lowest BCUT2D eigenvalue weighted by Crippen LogP contribution is -2.35. The summed E-state index contributed by atoms with van der Waals surface area (Å²) >= 11 is 0. The number of esters is 1. The normalized spacial score (nSPS) is 16.8. The molecule has 0 aromatic heterocycles. The Kier molecular flexibility index (Phi) is 10.5. The SMILES string of the molecule is COC(=O)[C@H]1c2cc(/C=C/C(=O)CCCCCN=C(C)NC(=O)OC(C)(C)C)ccc2O[C@@H]1c1ccc(O)cc1. The molecule has 0 saturated carbocycles. The van der Waals surface area contributed by atoms with E-state index in [0.717, 1.165) is 30.4 Å². The van der Waals surface area contributed by atoms with Crippen LogP contribution < -0.4 is 10.1 Å². The van der Waals surface area contributed by atoms with Crippen LogP contribution in [0.2, 0.25) is 0 Å². The van der Waals surface area contributed by atoms with Gasteiger partial charge in [-0.2, -0.15) is 0 Å². The number of amides is 1. The van der Waals surface area contributed by atoms with E-state index in [4.69, 9.17) is 14.2 Å². The second-order valence-corrected chi connectivity index (χ2v) is 10.6. The topological polar surface area (TPSA) is 124 Å². The highest BCUT2D eigenvalue weighted by molar-refractivity contribution is 5.94. The molecule has 0 unspecified atom stereocenters.